The SMILES string of the molecule is CCOc1cc(C(=O)N(C)C(c2ccccc2)C(C)C)ccc1OCC(=O)O. The van der Waals surface area contributed by atoms with Crippen LogP contribution in [0.4, 0.5) is 0 Å². The maximum atomic E-state index is 13.1. The lowest BCUT2D eigenvalue weighted by Crippen LogP contribution is -2.34. The number of aliphatic carboxylic acids is 1. The van der Waals surface area contributed by atoms with E-state index in [1.54, 1.807) is 30.1 Å². The van der Waals surface area contributed by atoms with Crippen molar-refractivity contribution in [2.24, 2.45) is 5.92 Å². The predicted molar refractivity (Wildman–Crippen MR) is 107 cm³/mol. The van der Waals surface area contributed by atoms with E-state index in [1.807, 2.05) is 37.3 Å². The maximum absolute atomic E-state index is 13.1. The Morgan fingerprint density at radius 2 is 1.71 bits per heavy atom. The Balaban J connectivity index is 2.30. The van der Waals surface area contributed by atoms with E-state index in [9.17, 15) is 9.59 Å². The minimum absolute atomic E-state index is 0.0767. The fourth-order valence-corrected chi connectivity index (χ4v) is 3.20. The highest BCUT2D eigenvalue weighted by Crippen LogP contribution is 2.32. The standard InChI is InChI=1S/C22H27NO5/c1-5-27-19-13-17(11-12-18(19)28-14-20(24)25)22(26)23(4)21(15(2)3)16-9-7-6-8-10-16/h6-13,15,21H,5,14H2,1-4H3,(H,24,25). The van der Waals surface area contributed by atoms with Crippen molar-refractivity contribution in [2.45, 2.75) is 26.8 Å². The van der Waals surface area contributed by atoms with E-state index >= 15 is 0 Å². The summed E-state index contributed by atoms with van der Waals surface area (Å²) in [4.78, 5) is 25.6. The van der Waals surface area contributed by atoms with E-state index in [1.165, 1.54) is 0 Å². The van der Waals surface area contributed by atoms with Gasteiger partial charge in [0, 0.05) is 12.6 Å². The summed E-state index contributed by atoms with van der Waals surface area (Å²) in [5.74, 6) is -0.352. The van der Waals surface area contributed by atoms with Crippen LogP contribution in [0, 0.1) is 5.92 Å². The monoisotopic (exact) mass is 385 g/mol. The number of carbonyl (C=O) groups is 2. The van der Waals surface area contributed by atoms with Gasteiger partial charge in [-0.2, -0.15) is 0 Å². The molecular weight excluding hydrogens is 358 g/mol. The molecule has 6 nitrogen and oxygen atoms in total. The first-order chi connectivity index (χ1) is 13.3. The number of hydrogen-bond donors (Lipinski definition) is 1. The lowest BCUT2D eigenvalue weighted by atomic mass is 9.94. The first-order valence-corrected chi connectivity index (χ1v) is 9.28. The van der Waals surface area contributed by atoms with Crippen LogP contribution in [-0.4, -0.2) is 42.1 Å². The van der Waals surface area contributed by atoms with Gasteiger partial charge in [0.15, 0.2) is 18.1 Å². The molecule has 0 aliphatic carbocycles. The molecule has 2 aromatic carbocycles. The first kappa shape index (κ1) is 21.3. The van der Waals surface area contributed by atoms with E-state index < -0.39 is 12.6 Å². The molecule has 2 rings (SSSR count). The summed E-state index contributed by atoms with van der Waals surface area (Å²) in [6.07, 6.45) is 0. The summed E-state index contributed by atoms with van der Waals surface area (Å²) in [6.45, 7) is 5.86. The molecule has 150 valence electrons. The Morgan fingerprint density at radius 3 is 2.29 bits per heavy atom. The average Bonchev–Trinajstić information content (AvgIpc) is 2.67. The first-order valence-electron chi connectivity index (χ1n) is 9.28. The number of amides is 1. The lowest BCUT2D eigenvalue weighted by molar-refractivity contribution is -0.139. The highest BCUT2D eigenvalue weighted by Gasteiger charge is 2.26. The Labute approximate surface area is 165 Å². The number of carboxylic acids is 1. The summed E-state index contributed by atoms with van der Waals surface area (Å²) < 4.78 is 10.8. The van der Waals surface area contributed by atoms with Crippen LogP contribution in [0.25, 0.3) is 0 Å². The number of carboxylic acid groups (broad SMARTS) is 1. The van der Waals surface area contributed by atoms with Gasteiger partial charge in [-0.1, -0.05) is 44.2 Å². The smallest absolute Gasteiger partial charge is 0.341 e. The molecule has 0 aromatic heterocycles. The van der Waals surface area contributed by atoms with Crippen LogP contribution in [0.15, 0.2) is 48.5 Å². The summed E-state index contributed by atoms with van der Waals surface area (Å²) in [5, 5.41) is 8.81. The van der Waals surface area contributed by atoms with Gasteiger partial charge >= 0.3 is 5.97 Å². The second-order valence-corrected chi connectivity index (χ2v) is 6.79. The Bertz CT molecular complexity index is 804. The van der Waals surface area contributed by atoms with Crippen molar-refractivity contribution in [3.05, 3.63) is 59.7 Å². The third kappa shape index (κ3) is 5.25. The molecule has 28 heavy (non-hydrogen) atoms. The van der Waals surface area contributed by atoms with Crippen LogP contribution in [0.1, 0.15) is 42.7 Å². The molecular formula is C22H27NO5. The number of hydrogen-bond acceptors (Lipinski definition) is 4. The molecule has 1 unspecified atom stereocenters. The van der Waals surface area contributed by atoms with Crippen molar-refractivity contribution in [1.82, 2.24) is 4.90 Å². The Hall–Kier alpha value is -3.02. The second-order valence-electron chi connectivity index (χ2n) is 6.79. The molecule has 0 aliphatic rings. The van der Waals surface area contributed by atoms with Gasteiger partial charge in [-0.15, -0.1) is 0 Å². The van der Waals surface area contributed by atoms with Gasteiger partial charge in [-0.05, 0) is 36.6 Å². The largest absolute Gasteiger partial charge is 0.490 e. The minimum Gasteiger partial charge on any atom is -0.490 e. The van der Waals surface area contributed by atoms with Gasteiger partial charge in [0.1, 0.15) is 0 Å². The van der Waals surface area contributed by atoms with Crippen LogP contribution in [0.5, 0.6) is 11.5 Å². The van der Waals surface area contributed by atoms with E-state index in [0.29, 0.717) is 23.7 Å². The second kappa shape index (κ2) is 9.78. The number of rotatable bonds is 9. The summed E-state index contributed by atoms with van der Waals surface area (Å²) in [6, 6.07) is 14.6. The Kier molecular flexibility index (Phi) is 7.44. The topological polar surface area (TPSA) is 76.1 Å². The van der Waals surface area contributed by atoms with Gasteiger partial charge in [0.05, 0.1) is 12.6 Å². The highest BCUT2D eigenvalue weighted by molar-refractivity contribution is 5.95. The van der Waals surface area contributed by atoms with E-state index in [4.69, 9.17) is 14.6 Å². The number of ether oxygens (including phenoxy) is 2. The molecule has 0 radical (unpaired) electrons. The van der Waals surface area contributed by atoms with Gasteiger partial charge in [0.25, 0.3) is 5.91 Å². The molecule has 0 aliphatic heterocycles. The molecule has 0 saturated heterocycles. The average molecular weight is 385 g/mol. The third-order valence-corrected chi connectivity index (χ3v) is 4.35. The molecule has 0 spiro atoms. The fourth-order valence-electron chi connectivity index (χ4n) is 3.20. The zero-order valence-corrected chi connectivity index (χ0v) is 16.7. The molecule has 6 heteroatoms. The van der Waals surface area contributed by atoms with Crippen molar-refractivity contribution in [2.75, 3.05) is 20.3 Å². The van der Waals surface area contributed by atoms with Crippen molar-refractivity contribution in [3.63, 3.8) is 0 Å². The summed E-state index contributed by atoms with van der Waals surface area (Å²) in [5.41, 5.74) is 1.52. The highest BCUT2D eigenvalue weighted by atomic mass is 16.5. The van der Waals surface area contributed by atoms with Gasteiger partial charge < -0.3 is 19.5 Å². The predicted octanol–water partition coefficient (Wildman–Crippen LogP) is 4.02. The van der Waals surface area contributed by atoms with Gasteiger partial charge in [-0.3, -0.25) is 4.79 Å². The zero-order valence-electron chi connectivity index (χ0n) is 16.7. The van der Waals surface area contributed by atoms with Crippen LogP contribution >= 0.6 is 0 Å². The molecule has 2 aromatic rings. The van der Waals surface area contributed by atoms with Crippen LogP contribution < -0.4 is 9.47 Å². The number of carbonyl (C=O) groups excluding carboxylic acids is 1. The quantitative estimate of drug-likeness (QED) is 0.706. The minimum atomic E-state index is -1.08. The van der Waals surface area contributed by atoms with E-state index in [2.05, 4.69) is 13.8 Å². The van der Waals surface area contributed by atoms with Crippen molar-refractivity contribution in [1.29, 1.82) is 0 Å². The molecule has 0 bridgehead atoms. The van der Waals surface area contributed by atoms with Crippen molar-refractivity contribution < 1.29 is 24.2 Å². The van der Waals surface area contributed by atoms with Crippen LogP contribution in [0.3, 0.4) is 0 Å². The van der Waals surface area contributed by atoms with Crippen molar-refractivity contribution in [3.8, 4) is 11.5 Å². The summed E-state index contributed by atoms with van der Waals surface area (Å²) in [7, 11) is 1.79. The van der Waals surface area contributed by atoms with Crippen LogP contribution in [0.2, 0.25) is 0 Å². The van der Waals surface area contributed by atoms with Crippen molar-refractivity contribution >= 4 is 11.9 Å². The Morgan fingerprint density at radius 1 is 1.04 bits per heavy atom. The molecule has 1 amide bonds. The number of benzene rings is 2. The molecule has 0 fully saturated rings. The lowest BCUT2D eigenvalue weighted by Gasteiger charge is -2.32. The van der Waals surface area contributed by atoms with Crippen LogP contribution in [-0.2, 0) is 4.79 Å². The number of nitrogens with zero attached hydrogens (tertiary/aromatic N) is 1. The molecule has 0 heterocycles. The fraction of sp³-hybridized carbons (Fsp3) is 0.364. The van der Waals surface area contributed by atoms with E-state index in [0.717, 1.165) is 5.56 Å². The van der Waals surface area contributed by atoms with E-state index in [-0.39, 0.29) is 17.9 Å². The third-order valence-electron chi connectivity index (χ3n) is 4.35. The molecule has 0 saturated carbocycles. The maximum Gasteiger partial charge on any atom is 0.341 e. The zero-order chi connectivity index (χ0) is 20.7. The van der Waals surface area contributed by atoms with Gasteiger partial charge in [-0.25, -0.2) is 4.79 Å². The molecule has 1 N–H and O–H groups in total. The normalized spacial score (nSPS) is 11.8. The van der Waals surface area contributed by atoms with Gasteiger partial charge in [0.2, 0.25) is 0 Å². The molecule has 1 atom stereocenters. The summed E-state index contributed by atoms with van der Waals surface area (Å²) >= 11 is 0.